The van der Waals surface area contributed by atoms with E-state index in [1.807, 2.05) is 19.9 Å². The summed E-state index contributed by atoms with van der Waals surface area (Å²) in [4.78, 5) is 0. The van der Waals surface area contributed by atoms with Crippen molar-refractivity contribution in [2.24, 2.45) is 0 Å². The Morgan fingerprint density at radius 2 is 1.83 bits per heavy atom. The molecule has 0 N–H and O–H groups in total. The second-order valence-electron chi connectivity index (χ2n) is 3.89. The molecule has 0 bridgehead atoms. The van der Waals surface area contributed by atoms with Crippen molar-refractivity contribution in [3.63, 3.8) is 0 Å². The molecule has 0 aliphatic heterocycles. The highest BCUT2D eigenvalue weighted by atomic mass is 79.9. The molecule has 1 aromatic carbocycles. The van der Waals surface area contributed by atoms with Crippen LogP contribution in [0.3, 0.4) is 0 Å². The van der Waals surface area contributed by atoms with E-state index in [9.17, 15) is 0 Å². The van der Waals surface area contributed by atoms with Crippen LogP contribution in [0.15, 0.2) is 24.3 Å². The Labute approximate surface area is 118 Å². The molecular weight excluding hydrogens is 292 g/mol. The smallest absolute Gasteiger partial charge is 0.161 e. The molecule has 18 heavy (non-hydrogen) atoms. The van der Waals surface area contributed by atoms with Crippen LogP contribution in [0.1, 0.15) is 32.8 Å². The number of hydrogen-bond donors (Lipinski definition) is 0. The summed E-state index contributed by atoms with van der Waals surface area (Å²) in [6.07, 6.45) is 3.25. The monoisotopic (exact) mass is 312 g/mol. The molecule has 3 heteroatoms. The second kappa shape index (κ2) is 8.20. The molecule has 0 saturated heterocycles. The molecule has 2 nitrogen and oxygen atoms in total. The predicted octanol–water partition coefficient (Wildman–Crippen LogP) is 4.67. The van der Waals surface area contributed by atoms with Gasteiger partial charge in [-0.25, -0.2) is 0 Å². The Kier molecular flexibility index (Phi) is 6.88. The van der Waals surface area contributed by atoms with Gasteiger partial charge in [-0.05, 0) is 50.5 Å². The summed E-state index contributed by atoms with van der Waals surface area (Å²) < 4.78 is 11.2. The quantitative estimate of drug-likeness (QED) is 0.681. The summed E-state index contributed by atoms with van der Waals surface area (Å²) in [6, 6.07) is 6.11. The minimum absolute atomic E-state index is 0.647. The molecular formula is C15H21BrO2. The first kappa shape index (κ1) is 15.1. The van der Waals surface area contributed by atoms with Gasteiger partial charge in [-0.3, -0.25) is 0 Å². The van der Waals surface area contributed by atoms with E-state index in [0.717, 1.165) is 23.2 Å². The standard InChI is InChI=1S/C15H21BrO2/c1-4-17-14-9-8-13(11-15(14)18-5-2)12(3)7-6-10-16/h7-9,11H,4-6,10H2,1-3H3. The Hall–Kier alpha value is -0.960. The Morgan fingerprint density at radius 1 is 1.17 bits per heavy atom. The molecule has 0 heterocycles. The molecule has 0 atom stereocenters. The fourth-order valence-electron chi connectivity index (χ4n) is 1.69. The van der Waals surface area contributed by atoms with Crippen LogP contribution in [-0.4, -0.2) is 18.5 Å². The number of allylic oxidation sites excluding steroid dienone is 2. The van der Waals surface area contributed by atoms with Crippen LogP contribution in [0, 0.1) is 0 Å². The molecule has 0 amide bonds. The van der Waals surface area contributed by atoms with Gasteiger partial charge in [0, 0.05) is 5.33 Å². The Bertz CT molecular complexity index is 399. The summed E-state index contributed by atoms with van der Waals surface area (Å²) in [5.74, 6) is 1.64. The number of alkyl halides is 1. The van der Waals surface area contributed by atoms with Gasteiger partial charge in [-0.1, -0.05) is 28.1 Å². The Balaban J connectivity index is 2.98. The first-order chi connectivity index (χ1) is 8.72. The normalized spacial score (nSPS) is 11.4. The molecule has 0 radical (unpaired) electrons. The highest BCUT2D eigenvalue weighted by Crippen LogP contribution is 2.31. The van der Waals surface area contributed by atoms with Crippen molar-refractivity contribution in [3.8, 4) is 11.5 Å². The van der Waals surface area contributed by atoms with E-state index in [1.54, 1.807) is 0 Å². The van der Waals surface area contributed by atoms with Crippen molar-refractivity contribution in [1.29, 1.82) is 0 Å². The minimum Gasteiger partial charge on any atom is -0.490 e. The number of hydrogen-bond acceptors (Lipinski definition) is 2. The van der Waals surface area contributed by atoms with Crippen LogP contribution in [-0.2, 0) is 0 Å². The van der Waals surface area contributed by atoms with Gasteiger partial charge < -0.3 is 9.47 Å². The van der Waals surface area contributed by atoms with Gasteiger partial charge in [0.2, 0.25) is 0 Å². The van der Waals surface area contributed by atoms with E-state index in [2.05, 4.69) is 41.1 Å². The Morgan fingerprint density at radius 3 is 2.44 bits per heavy atom. The average molecular weight is 313 g/mol. The first-order valence-corrected chi connectivity index (χ1v) is 7.47. The van der Waals surface area contributed by atoms with E-state index in [-0.39, 0.29) is 0 Å². The van der Waals surface area contributed by atoms with Crippen LogP contribution < -0.4 is 9.47 Å². The van der Waals surface area contributed by atoms with Crippen LogP contribution in [0.25, 0.3) is 5.57 Å². The molecule has 0 aliphatic carbocycles. The molecule has 0 saturated carbocycles. The van der Waals surface area contributed by atoms with Crippen molar-refractivity contribution < 1.29 is 9.47 Å². The van der Waals surface area contributed by atoms with Crippen LogP contribution in [0.2, 0.25) is 0 Å². The lowest BCUT2D eigenvalue weighted by atomic mass is 10.1. The molecule has 0 aliphatic rings. The van der Waals surface area contributed by atoms with Gasteiger partial charge in [0.1, 0.15) is 0 Å². The highest BCUT2D eigenvalue weighted by Gasteiger charge is 2.06. The van der Waals surface area contributed by atoms with Gasteiger partial charge in [0.05, 0.1) is 13.2 Å². The largest absolute Gasteiger partial charge is 0.490 e. The molecule has 0 aromatic heterocycles. The first-order valence-electron chi connectivity index (χ1n) is 6.35. The predicted molar refractivity (Wildman–Crippen MR) is 80.8 cm³/mol. The third-order valence-electron chi connectivity index (χ3n) is 2.56. The van der Waals surface area contributed by atoms with E-state index in [1.165, 1.54) is 11.1 Å². The zero-order chi connectivity index (χ0) is 13.4. The third kappa shape index (κ3) is 4.37. The maximum Gasteiger partial charge on any atom is 0.161 e. The van der Waals surface area contributed by atoms with Gasteiger partial charge >= 0.3 is 0 Å². The van der Waals surface area contributed by atoms with Crippen LogP contribution in [0.5, 0.6) is 11.5 Å². The molecule has 0 unspecified atom stereocenters. The summed E-state index contributed by atoms with van der Waals surface area (Å²) in [5, 5.41) is 0.986. The summed E-state index contributed by atoms with van der Waals surface area (Å²) in [5.41, 5.74) is 2.45. The fraction of sp³-hybridized carbons (Fsp3) is 0.467. The highest BCUT2D eigenvalue weighted by molar-refractivity contribution is 9.09. The van der Waals surface area contributed by atoms with Crippen molar-refractivity contribution in [2.45, 2.75) is 27.2 Å². The van der Waals surface area contributed by atoms with Crippen molar-refractivity contribution >= 4 is 21.5 Å². The summed E-state index contributed by atoms with van der Waals surface area (Å²) in [7, 11) is 0. The van der Waals surface area contributed by atoms with E-state index in [4.69, 9.17) is 9.47 Å². The average Bonchev–Trinajstić information content (AvgIpc) is 2.38. The second-order valence-corrected chi connectivity index (χ2v) is 4.69. The lowest BCUT2D eigenvalue weighted by molar-refractivity contribution is 0.287. The minimum atomic E-state index is 0.647. The summed E-state index contributed by atoms with van der Waals surface area (Å²) >= 11 is 3.43. The summed E-state index contributed by atoms with van der Waals surface area (Å²) in [6.45, 7) is 7.38. The third-order valence-corrected chi connectivity index (χ3v) is 3.02. The van der Waals surface area contributed by atoms with Crippen LogP contribution in [0.4, 0.5) is 0 Å². The molecule has 0 spiro atoms. The molecule has 1 rings (SSSR count). The van der Waals surface area contributed by atoms with E-state index >= 15 is 0 Å². The zero-order valence-corrected chi connectivity index (χ0v) is 12.9. The number of benzene rings is 1. The maximum atomic E-state index is 5.62. The van der Waals surface area contributed by atoms with Gasteiger partial charge in [0.25, 0.3) is 0 Å². The topological polar surface area (TPSA) is 18.5 Å². The van der Waals surface area contributed by atoms with Crippen LogP contribution >= 0.6 is 15.9 Å². The van der Waals surface area contributed by atoms with E-state index < -0.39 is 0 Å². The number of halogens is 1. The van der Waals surface area contributed by atoms with E-state index in [0.29, 0.717) is 13.2 Å². The molecule has 0 fully saturated rings. The zero-order valence-electron chi connectivity index (χ0n) is 11.3. The lowest BCUT2D eigenvalue weighted by Crippen LogP contribution is -1.99. The van der Waals surface area contributed by atoms with Gasteiger partial charge in [-0.2, -0.15) is 0 Å². The number of rotatable bonds is 7. The molecule has 1 aromatic rings. The van der Waals surface area contributed by atoms with Crippen molar-refractivity contribution in [1.82, 2.24) is 0 Å². The van der Waals surface area contributed by atoms with Gasteiger partial charge in [-0.15, -0.1) is 0 Å². The lowest BCUT2D eigenvalue weighted by Gasteiger charge is -2.12. The van der Waals surface area contributed by atoms with Crippen molar-refractivity contribution in [2.75, 3.05) is 18.5 Å². The van der Waals surface area contributed by atoms with Crippen molar-refractivity contribution in [3.05, 3.63) is 29.8 Å². The number of ether oxygens (including phenoxy) is 2. The fourth-order valence-corrected chi connectivity index (χ4v) is 1.91. The molecule has 100 valence electrons. The van der Waals surface area contributed by atoms with Gasteiger partial charge in [0.15, 0.2) is 11.5 Å². The maximum absolute atomic E-state index is 5.62. The SMILES string of the molecule is CCOc1ccc(C(C)=CCCBr)cc1OCC.